The molecule has 1 atom stereocenters. The molecule has 0 spiro atoms. The molecule has 0 fully saturated rings. The fourth-order valence-corrected chi connectivity index (χ4v) is 1.12. The first kappa shape index (κ1) is 8.34. The molecule has 0 aromatic heterocycles. The van der Waals surface area contributed by atoms with E-state index in [0.717, 1.165) is 5.56 Å². The molecule has 1 aliphatic heterocycles. The lowest BCUT2D eigenvalue weighted by molar-refractivity contribution is -0.868. The Morgan fingerprint density at radius 2 is 1.92 bits per heavy atom. The molecule has 66 valence electrons. The highest BCUT2D eigenvalue weighted by molar-refractivity contribution is 6.30. The fraction of sp³-hybridized carbons (Fsp3) is 0. The monoisotopic (exact) mass is 194 g/mol. The van der Waals surface area contributed by atoms with Crippen LogP contribution in [0.15, 0.2) is 39.7 Å². The van der Waals surface area contributed by atoms with Crippen LogP contribution in [0.25, 0.3) is 0 Å². The van der Waals surface area contributed by atoms with Crippen LogP contribution in [-0.2, 0) is 0 Å². The minimum Gasteiger partial charge on any atom is -0.192 e. The molecule has 1 aromatic rings. The van der Waals surface area contributed by atoms with Gasteiger partial charge in [0.2, 0.25) is 5.84 Å². The number of nitrogens with zero attached hydrogens (tertiary/aromatic N) is 3. The van der Waals surface area contributed by atoms with Crippen molar-refractivity contribution in [1.29, 1.82) is 0 Å². The van der Waals surface area contributed by atoms with Gasteiger partial charge in [0.25, 0.3) is 0 Å². The average molecular weight is 195 g/mol. The average Bonchev–Trinajstić information content (AvgIpc) is 2.53. The second kappa shape index (κ2) is 3.24. The summed E-state index contributed by atoms with van der Waals surface area (Å²) in [7, 11) is 3.57. The molecule has 0 saturated carbocycles. The Labute approximate surface area is 80.5 Å². The summed E-state index contributed by atoms with van der Waals surface area (Å²) in [5.74, 6) is 0.585. The van der Waals surface area contributed by atoms with Crippen LogP contribution >= 0.6 is 11.6 Å². The molecule has 1 unspecified atom stereocenters. The SMILES string of the molecule is [CH2-][NH+]1N=NC(c2ccc(Cl)cc2)=N1. The van der Waals surface area contributed by atoms with Gasteiger partial charge in [0.05, 0.1) is 0 Å². The predicted octanol–water partition coefficient (Wildman–Crippen LogP) is 1.06. The minimum absolute atomic E-state index is 0.435. The van der Waals surface area contributed by atoms with Crippen molar-refractivity contribution in [2.24, 2.45) is 15.4 Å². The number of rotatable bonds is 1. The summed E-state index contributed by atoms with van der Waals surface area (Å²) in [6.07, 6.45) is 0. The maximum Gasteiger partial charge on any atom is 0.241 e. The van der Waals surface area contributed by atoms with Crippen LogP contribution in [0.4, 0.5) is 0 Å². The molecule has 4 nitrogen and oxygen atoms in total. The summed E-state index contributed by atoms with van der Waals surface area (Å²) in [4.78, 5) is 0. The van der Waals surface area contributed by atoms with Gasteiger partial charge in [-0.25, -0.2) is 0 Å². The van der Waals surface area contributed by atoms with Crippen LogP contribution in [-0.4, -0.2) is 5.84 Å². The normalized spacial score (nSPS) is 20.5. The molecule has 1 aliphatic rings. The van der Waals surface area contributed by atoms with Crippen molar-refractivity contribution in [1.82, 2.24) is 0 Å². The fourth-order valence-electron chi connectivity index (χ4n) is 0.993. The van der Waals surface area contributed by atoms with Gasteiger partial charge in [-0.15, -0.1) is 0 Å². The first-order valence-electron chi connectivity index (χ1n) is 3.71. The molecule has 1 N–H and O–H groups in total. The minimum atomic E-state index is 0.435. The molecule has 13 heavy (non-hydrogen) atoms. The zero-order valence-electron chi connectivity index (χ0n) is 6.74. The van der Waals surface area contributed by atoms with E-state index < -0.39 is 0 Å². The molecular weight excluding hydrogens is 188 g/mol. The van der Waals surface area contributed by atoms with Gasteiger partial charge in [0.15, 0.2) is 0 Å². The molecule has 0 saturated heterocycles. The molecule has 0 aliphatic carbocycles. The van der Waals surface area contributed by atoms with Gasteiger partial charge in [0, 0.05) is 15.8 Å². The smallest absolute Gasteiger partial charge is 0.192 e. The topological polar surface area (TPSA) is 41.5 Å². The Morgan fingerprint density at radius 1 is 1.23 bits per heavy atom. The molecule has 5 heteroatoms. The third-order valence-electron chi connectivity index (χ3n) is 1.60. The Kier molecular flexibility index (Phi) is 2.08. The van der Waals surface area contributed by atoms with Crippen LogP contribution < -0.4 is 5.12 Å². The van der Waals surface area contributed by atoms with E-state index in [4.69, 9.17) is 11.6 Å². The van der Waals surface area contributed by atoms with Gasteiger partial charge < -0.3 is 0 Å². The molecule has 1 aromatic carbocycles. The molecule has 0 amide bonds. The summed E-state index contributed by atoms with van der Waals surface area (Å²) in [5, 5.41) is 12.7. The van der Waals surface area contributed by atoms with Crippen molar-refractivity contribution in [3.8, 4) is 0 Å². The standard InChI is InChI=1S/C8H7ClN4/c1-13-11-8(10-12-13)6-2-4-7(9)5-3-6/h2-5,13H,1H2. The lowest BCUT2D eigenvalue weighted by Crippen LogP contribution is -2.95. The lowest BCUT2D eigenvalue weighted by Gasteiger charge is -1.95. The van der Waals surface area contributed by atoms with E-state index in [0.29, 0.717) is 16.0 Å². The van der Waals surface area contributed by atoms with Gasteiger partial charge in [0.1, 0.15) is 0 Å². The highest BCUT2D eigenvalue weighted by atomic mass is 35.5. The number of halogens is 1. The van der Waals surface area contributed by atoms with Crippen LogP contribution in [0.2, 0.25) is 5.02 Å². The van der Waals surface area contributed by atoms with Crippen molar-refractivity contribution in [3.63, 3.8) is 0 Å². The predicted molar refractivity (Wildman–Crippen MR) is 49.2 cm³/mol. The van der Waals surface area contributed by atoms with Crippen molar-refractivity contribution in [2.75, 3.05) is 0 Å². The highest BCUT2D eigenvalue weighted by Crippen LogP contribution is 2.11. The van der Waals surface area contributed by atoms with Gasteiger partial charge in [-0.1, -0.05) is 28.9 Å². The van der Waals surface area contributed by atoms with Crippen LogP contribution in [0.3, 0.4) is 0 Å². The number of hydrogen-bond acceptors (Lipinski definition) is 3. The van der Waals surface area contributed by atoms with Crippen LogP contribution in [0.1, 0.15) is 5.56 Å². The number of amidine groups is 1. The van der Waals surface area contributed by atoms with Crippen molar-refractivity contribution >= 4 is 17.4 Å². The molecule has 0 radical (unpaired) electrons. The zero-order valence-corrected chi connectivity index (χ0v) is 7.49. The van der Waals surface area contributed by atoms with Crippen LogP contribution in [0.5, 0.6) is 0 Å². The van der Waals surface area contributed by atoms with E-state index in [2.05, 4.69) is 22.5 Å². The summed E-state index contributed by atoms with van der Waals surface area (Å²) in [6, 6.07) is 7.27. The van der Waals surface area contributed by atoms with Crippen molar-refractivity contribution < 1.29 is 5.12 Å². The molecule has 1 heterocycles. The number of nitrogens with one attached hydrogen (secondary N) is 1. The summed E-state index contributed by atoms with van der Waals surface area (Å²) >= 11 is 5.74. The number of quaternary nitrogens is 1. The summed E-state index contributed by atoms with van der Waals surface area (Å²) in [5.41, 5.74) is 0.895. The van der Waals surface area contributed by atoms with E-state index in [9.17, 15) is 0 Å². The van der Waals surface area contributed by atoms with Gasteiger partial charge in [-0.3, -0.25) is 0 Å². The zero-order chi connectivity index (χ0) is 9.26. The molecule has 0 bridgehead atoms. The van der Waals surface area contributed by atoms with E-state index in [1.807, 2.05) is 12.1 Å². The van der Waals surface area contributed by atoms with Gasteiger partial charge in [-0.2, -0.15) is 5.12 Å². The van der Waals surface area contributed by atoms with E-state index in [1.165, 1.54) is 0 Å². The third kappa shape index (κ3) is 1.74. The van der Waals surface area contributed by atoms with Crippen molar-refractivity contribution in [3.05, 3.63) is 41.9 Å². The first-order valence-corrected chi connectivity index (χ1v) is 4.09. The lowest BCUT2D eigenvalue weighted by atomic mass is 10.2. The summed E-state index contributed by atoms with van der Waals surface area (Å²) in [6.45, 7) is 0. The maximum absolute atomic E-state index is 5.74. The Balaban J connectivity index is 2.32. The third-order valence-corrected chi connectivity index (χ3v) is 1.85. The Bertz CT molecular complexity index is 368. The molecular formula is C8H7ClN4. The Morgan fingerprint density at radius 3 is 2.46 bits per heavy atom. The second-order valence-electron chi connectivity index (χ2n) is 2.56. The Hall–Kier alpha value is -1.26. The highest BCUT2D eigenvalue weighted by Gasteiger charge is 2.10. The summed E-state index contributed by atoms with van der Waals surface area (Å²) < 4.78 is 0. The maximum atomic E-state index is 5.74. The number of benzene rings is 1. The van der Waals surface area contributed by atoms with Gasteiger partial charge >= 0.3 is 0 Å². The van der Waals surface area contributed by atoms with Crippen LogP contribution in [0, 0.1) is 7.05 Å². The second-order valence-corrected chi connectivity index (χ2v) is 2.99. The van der Waals surface area contributed by atoms with Crippen molar-refractivity contribution in [2.45, 2.75) is 0 Å². The first-order chi connectivity index (χ1) is 6.25. The molecule has 2 rings (SSSR count). The quantitative estimate of drug-likeness (QED) is 0.650. The van der Waals surface area contributed by atoms with E-state index in [-0.39, 0.29) is 0 Å². The van der Waals surface area contributed by atoms with E-state index >= 15 is 0 Å². The largest absolute Gasteiger partial charge is 0.241 e. The van der Waals surface area contributed by atoms with Gasteiger partial charge in [-0.05, 0) is 24.3 Å². The number of hydrogen-bond donors (Lipinski definition) is 1. The van der Waals surface area contributed by atoms with E-state index in [1.54, 1.807) is 12.1 Å².